The van der Waals surface area contributed by atoms with Crippen LogP contribution in [0.4, 0.5) is 4.39 Å². The average Bonchev–Trinajstić information content (AvgIpc) is 2.65. The molecule has 8 heteroatoms. The van der Waals surface area contributed by atoms with Gasteiger partial charge in [-0.1, -0.05) is 12.1 Å². The highest BCUT2D eigenvalue weighted by molar-refractivity contribution is 7.80. The van der Waals surface area contributed by atoms with Gasteiger partial charge in [0.1, 0.15) is 11.6 Å². The SMILES string of the molecule is COc1ccc(/C(C)=N\NC(=S)NCc2ccc(F)cc2)cc1CC(=O)[O-]. The number of carbonyl (C=O) groups excluding carboxylic acids is 1. The quantitative estimate of drug-likeness (QED) is 0.425. The summed E-state index contributed by atoms with van der Waals surface area (Å²) in [5, 5.41) is 18.4. The molecule has 27 heavy (non-hydrogen) atoms. The number of nitrogens with zero attached hydrogens (tertiary/aromatic N) is 1. The van der Waals surface area contributed by atoms with Crippen molar-refractivity contribution in [2.45, 2.75) is 19.9 Å². The number of thiocarbonyl (C=S) groups is 1. The van der Waals surface area contributed by atoms with E-state index in [9.17, 15) is 14.3 Å². The fourth-order valence-electron chi connectivity index (χ4n) is 2.32. The molecule has 0 aliphatic heterocycles. The number of halogens is 1. The van der Waals surface area contributed by atoms with Gasteiger partial charge in [0.05, 0.1) is 12.8 Å². The van der Waals surface area contributed by atoms with E-state index in [0.29, 0.717) is 28.7 Å². The summed E-state index contributed by atoms with van der Waals surface area (Å²) in [5.74, 6) is -1.01. The summed E-state index contributed by atoms with van der Waals surface area (Å²) < 4.78 is 18.0. The van der Waals surface area contributed by atoms with Crippen LogP contribution in [-0.2, 0) is 17.8 Å². The molecule has 0 aliphatic rings. The lowest BCUT2D eigenvalue weighted by Crippen LogP contribution is -2.32. The summed E-state index contributed by atoms with van der Waals surface area (Å²) in [6.45, 7) is 2.19. The molecule has 2 rings (SSSR count). The number of nitrogens with one attached hydrogen (secondary N) is 2. The Morgan fingerprint density at radius 1 is 1.26 bits per heavy atom. The Hall–Kier alpha value is -3.00. The molecule has 0 aromatic heterocycles. The van der Waals surface area contributed by atoms with E-state index in [2.05, 4.69) is 15.8 Å². The molecule has 0 saturated heterocycles. The van der Waals surface area contributed by atoms with Gasteiger partial charge in [-0.15, -0.1) is 0 Å². The smallest absolute Gasteiger partial charge is 0.187 e. The number of rotatable bonds is 7. The normalized spacial score (nSPS) is 11.0. The number of carboxylic acid groups (broad SMARTS) is 1. The zero-order valence-corrected chi connectivity index (χ0v) is 15.7. The zero-order valence-electron chi connectivity index (χ0n) is 14.9. The molecule has 2 aromatic rings. The van der Waals surface area contributed by atoms with Crippen molar-refractivity contribution in [3.05, 3.63) is 65.0 Å². The van der Waals surface area contributed by atoms with E-state index < -0.39 is 5.97 Å². The van der Waals surface area contributed by atoms with Crippen molar-refractivity contribution in [1.29, 1.82) is 0 Å². The number of aliphatic carboxylic acids is 1. The number of ether oxygens (including phenoxy) is 1. The van der Waals surface area contributed by atoms with Gasteiger partial charge in [-0.05, 0) is 60.6 Å². The van der Waals surface area contributed by atoms with E-state index >= 15 is 0 Å². The first-order valence-electron chi connectivity index (χ1n) is 8.08. The molecule has 0 amide bonds. The van der Waals surface area contributed by atoms with Gasteiger partial charge in [0.2, 0.25) is 0 Å². The minimum absolute atomic E-state index is 0.255. The van der Waals surface area contributed by atoms with Crippen LogP contribution in [-0.4, -0.2) is 23.9 Å². The van der Waals surface area contributed by atoms with Crippen LogP contribution in [0, 0.1) is 5.82 Å². The largest absolute Gasteiger partial charge is 0.550 e. The molecule has 0 bridgehead atoms. The average molecular weight is 388 g/mol. The third-order valence-electron chi connectivity index (χ3n) is 3.72. The Morgan fingerprint density at radius 3 is 2.59 bits per heavy atom. The Kier molecular flexibility index (Phi) is 7.25. The van der Waals surface area contributed by atoms with Gasteiger partial charge in [-0.3, -0.25) is 5.43 Å². The van der Waals surface area contributed by atoms with E-state index in [1.807, 2.05) is 0 Å². The molecule has 0 fully saturated rings. The van der Waals surface area contributed by atoms with Crippen LogP contribution in [0.25, 0.3) is 0 Å². The van der Waals surface area contributed by atoms with Crippen LogP contribution in [0.15, 0.2) is 47.6 Å². The van der Waals surface area contributed by atoms with Gasteiger partial charge in [0, 0.05) is 24.5 Å². The number of hydrogen-bond donors (Lipinski definition) is 2. The maximum Gasteiger partial charge on any atom is 0.187 e. The molecular weight excluding hydrogens is 369 g/mol. The molecule has 0 atom stereocenters. The van der Waals surface area contributed by atoms with E-state index in [0.717, 1.165) is 11.1 Å². The number of carbonyl (C=O) groups is 1. The Bertz CT molecular complexity index is 854. The van der Waals surface area contributed by atoms with Crippen LogP contribution in [0.5, 0.6) is 5.75 Å². The van der Waals surface area contributed by atoms with Crippen LogP contribution in [0.2, 0.25) is 0 Å². The molecule has 142 valence electrons. The summed E-state index contributed by atoms with van der Waals surface area (Å²) in [6, 6.07) is 11.2. The first-order chi connectivity index (χ1) is 12.9. The molecule has 2 N–H and O–H groups in total. The van der Waals surface area contributed by atoms with Crippen LogP contribution in [0.3, 0.4) is 0 Å². The minimum atomic E-state index is -1.19. The predicted octanol–water partition coefficient (Wildman–Crippen LogP) is 1.52. The second-order valence-electron chi connectivity index (χ2n) is 5.69. The minimum Gasteiger partial charge on any atom is -0.550 e. The molecule has 0 heterocycles. The molecular formula is C19H19FN3O3S-. The van der Waals surface area contributed by atoms with Crippen LogP contribution < -0.4 is 20.6 Å². The van der Waals surface area contributed by atoms with Crippen LogP contribution >= 0.6 is 12.2 Å². The fraction of sp³-hybridized carbons (Fsp3) is 0.211. The van der Waals surface area contributed by atoms with E-state index in [1.165, 1.54) is 19.2 Å². The van der Waals surface area contributed by atoms with Crippen molar-refractivity contribution < 1.29 is 19.0 Å². The topological polar surface area (TPSA) is 85.8 Å². The molecule has 2 aromatic carbocycles. The van der Waals surface area contributed by atoms with Crippen molar-refractivity contribution in [3.8, 4) is 5.75 Å². The highest BCUT2D eigenvalue weighted by atomic mass is 32.1. The number of hydrazone groups is 1. The second-order valence-corrected chi connectivity index (χ2v) is 6.10. The van der Waals surface area contributed by atoms with Gasteiger partial charge in [0.25, 0.3) is 0 Å². The lowest BCUT2D eigenvalue weighted by molar-refractivity contribution is -0.304. The summed E-state index contributed by atoms with van der Waals surface area (Å²) in [6.07, 6.45) is -0.255. The molecule has 0 saturated carbocycles. The van der Waals surface area contributed by atoms with E-state index in [-0.39, 0.29) is 12.2 Å². The Balaban J connectivity index is 1.98. The summed E-state index contributed by atoms with van der Waals surface area (Å²) in [5.41, 5.74) is 5.44. The molecule has 0 unspecified atom stereocenters. The first kappa shape index (κ1) is 20.3. The maximum atomic E-state index is 12.9. The molecule has 0 aliphatic carbocycles. The van der Waals surface area contributed by atoms with Gasteiger partial charge in [0.15, 0.2) is 5.11 Å². The first-order valence-corrected chi connectivity index (χ1v) is 8.49. The number of carboxylic acids is 1. The lowest BCUT2D eigenvalue weighted by atomic mass is 10.0. The lowest BCUT2D eigenvalue weighted by Gasteiger charge is -2.12. The fourth-order valence-corrected chi connectivity index (χ4v) is 2.44. The van der Waals surface area contributed by atoms with Gasteiger partial charge < -0.3 is 20.0 Å². The van der Waals surface area contributed by atoms with E-state index in [4.69, 9.17) is 17.0 Å². The Morgan fingerprint density at radius 2 is 1.96 bits per heavy atom. The van der Waals surface area contributed by atoms with Crippen LogP contribution in [0.1, 0.15) is 23.6 Å². The number of benzene rings is 2. The summed E-state index contributed by atoms with van der Waals surface area (Å²) >= 11 is 5.16. The summed E-state index contributed by atoms with van der Waals surface area (Å²) in [4.78, 5) is 10.9. The standard InChI is InChI=1S/C19H20FN3O3S/c1-12(14-5-8-17(26-2)15(9-14)10-18(24)25)22-23-19(27)21-11-13-3-6-16(20)7-4-13/h3-9H,10-11H2,1-2H3,(H,24,25)(H2,21,23,27)/p-1/b22-12-. The Labute approximate surface area is 162 Å². The summed E-state index contributed by atoms with van der Waals surface area (Å²) in [7, 11) is 1.47. The highest BCUT2D eigenvalue weighted by Gasteiger charge is 2.07. The van der Waals surface area contributed by atoms with Gasteiger partial charge in [-0.2, -0.15) is 5.10 Å². The number of methoxy groups -OCH3 is 1. The van der Waals surface area contributed by atoms with Crippen molar-refractivity contribution >= 4 is 29.0 Å². The monoisotopic (exact) mass is 388 g/mol. The van der Waals surface area contributed by atoms with Crippen molar-refractivity contribution in [1.82, 2.24) is 10.7 Å². The van der Waals surface area contributed by atoms with Crippen molar-refractivity contribution in [2.75, 3.05) is 7.11 Å². The zero-order chi connectivity index (χ0) is 19.8. The second kappa shape index (κ2) is 9.63. The third-order valence-corrected chi connectivity index (χ3v) is 3.96. The van der Waals surface area contributed by atoms with Gasteiger partial charge in [-0.25, -0.2) is 4.39 Å². The maximum absolute atomic E-state index is 12.9. The predicted molar refractivity (Wildman–Crippen MR) is 103 cm³/mol. The highest BCUT2D eigenvalue weighted by Crippen LogP contribution is 2.20. The molecule has 0 radical (unpaired) electrons. The van der Waals surface area contributed by atoms with Crippen molar-refractivity contribution in [2.24, 2.45) is 5.10 Å². The van der Waals surface area contributed by atoms with E-state index in [1.54, 1.807) is 37.3 Å². The number of hydrogen-bond acceptors (Lipinski definition) is 5. The third kappa shape index (κ3) is 6.34. The van der Waals surface area contributed by atoms with Crippen molar-refractivity contribution in [3.63, 3.8) is 0 Å². The van der Waals surface area contributed by atoms with Gasteiger partial charge >= 0.3 is 0 Å². The molecule has 0 spiro atoms. The molecule has 6 nitrogen and oxygen atoms in total.